The molecule has 1 amide bonds. The summed E-state index contributed by atoms with van der Waals surface area (Å²) in [5.41, 5.74) is 2.55. The number of aromatic nitrogens is 2. The van der Waals surface area contributed by atoms with E-state index in [9.17, 15) is 9.18 Å². The van der Waals surface area contributed by atoms with Crippen molar-refractivity contribution in [3.8, 4) is 11.4 Å². The second-order valence-electron chi connectivity index (χ2n) is 5.78. The molecule has 4 nitrogen and oxygen atoms in total. The van der Waals surface area contributed by atoms with Crippen LogP contribution in [0.4, 0.5) is 9.52 Å². The third-order valence-electron chi connectivity index (χ3n) is 3.95. The van der Waals surface area contributed by atoms with Crippen LogP contribution in [-0.4, -0.2) is 15.3 Å². The van der Waals surface area contributed by atoms with Gasteiger partial charge in [-0.15, -0.1) is 0 Å². The summed E-state index contributed by atoms with van der Waals surface area (Å²) in [5, 5.41) is 3.21. The minimum absolute atomic E-state index is 0.195. The van der Waals surface area contributed by atoms with Crippen LogP contribution in [0.1, 0.15) is 34.7 Å². The lowest BCUT2D eigenvalue weighted by Crippen LogP contribution is -2.11. The van der Waals surface area contributed by atoms with Gasteiger partial charge in [0.2, 0.25) is 5.13 Å². The highest BCUT2D eigenvalue weighted by atomic mass is 32.1. The van der Waals surface area contributed by atoms with Gasteiger partial charge in [0.05, 0.1) is 0 Å². The summed E-state index contributed by atoms with van der Waals surface area (Å²) in [5.74, 6) is 0.573. The molecule has 1 aliphatic carbocycles. The molecule has 0 aliphatic heterocycles. The molecule has 0 unspecified atom stereocenters. The van der Waals surface area contributed by atoms with Crippen molar-refractivity contribution in [3.05, 3.63) is 65.5 Å². The Hall–Kier alpha value is -2.60. The number of amides is 1. The van der Waals surface area contributed by atoms with Crippen molar-refractivity contribution in [2.45, 2.75) is 18.8 Å². The SMILES string of the molecule is O=C(Nc1nc(-c2ccc(F)cc2)ns1)c1cccc(C2CC2)c1. The molecule has 1 heterocycles. The highest BCUT2D eigenvalue weighted by Gasteiger charge is 2.24. The van der Waals surface area contributed by atoms with Crippen molar-refractivity contribution >= 4 is 22.6 Å². The Morgan fingerprint density at radius 1 is 1.17 bits per heavy atom. The van der Waals surface area contributed by atoms with Crippen molar-refractivity contribution in [2.75, 3.05) is 5.32 Å². The van der Waals surface area contributed by atoms with Crippen molar-refractivity contribution in [1.29, 1.82) is 0 Å². The van der Waals surface area contributed by atoms with Gasteiger partial charge < -0.3 is 0 Å². The molecular formula is C18H14FN3OS. The molecule has 0 atom stereocenters. The number of hydrogen-bond donors (Lipinski definition) is 1. The molecule has 4 rings (SSSR count). The predicted molar refractivity (Wildman–Crippen MR) is 91.7 cm³/mol. The van der Waals surface area contributed by atoms with E-state index in [0.29, 0.717) is 28.0 Å². The number of carbonyl (C=O) groups is 1. The van der Waals surface area contributed by atoms with E-state index >= 15 is 0 Å². The van der Waals surface area contributed by atoms with E-state index < -0.39 is 0 Å². The number of benzene rings is 2. The Kier molecular flexibility index (Phi) is 3.82. The maximum absolute atomic E-state index is 13.0. The lowest BCUT2D eigenvalue weighted by molar-refractivity contribution is 0.102. The van der Waals surface area contributed by atoms with Gasteiger partial charge in [-0.25, -0.2) is 4.39 Å². The average Bonchev–Trinajstić information content (AvgIpc) is 3.36. The monoisotopic (exact) mass is 339 g/mol. The van der Waals surface area contributed by atoms with Crippen molar-refractivity contribution < 1.29 is 9.18 Å². The topological polar surface area (TPSA) is 54.9 Å². The molecule has 0 radical (unpaired) electrons. The summed E-state index contributed by atoms with van der Waals surface area (Å²) in [4.78, 5) is 16.7. The first-order chi connectivity index (χ1) is 11.7. The summed E-state index contributed by atoms with van der Waals surface area (Å²) in [6, 6.07) is 13.6. The molecule has 2 aromatic carbocycles. The van der Waals surface area contributed by atoms with E-state index in [1.54, 1.807) is 18.2 Å². The Labute approximate surface area is 142 Å². The fraction of sp³-hybridized carbons (Fsp3) is 0.167. The largest absolute Gasteiger partial charge is 0.297 e. The quantitative estimate of drug-likeness (QED) is 0.763. The van der Waals surface area contributed by atoms with Gasteiger partial charge in [0.1, 0.15) is 5.82 Å². The number of rotatable bonds is 4. The normalized spacial score (nSPS) is 13.7. The smallest absolute Gasteiger partial charge is 0.257 e. The summed E-state index contributed by atoms with van der Waals surface area (Å²) >= 11 is 1.11. The van der Waals surface area contributed by atoms with Crippen LogP contribution in [0, 0.1) is 5.82 Å². The summed E-state index contributed by atoms with van der Waals surface area (Å²) in [7, 11) is 0. The summed E-state index contributed by atoms with van der Waals surface area (Å²) in [6.45, 7) is 0. The van der Waals surface area contributed by atoms with E-state index in [1.165, 1.54) is 30.5 Å². The fourth-order valence-electron chi connectivity index (χ4n) is 2.51. The van der Waals surface area contributed by atoms with Crippen molar-refractivity contribution in [1.82, 2.24) is 9.36 Å². The van der Waals surface area contributed by atoms with Crippen LogP contribution in [0.3, 0.4) is 0 Å². The van der Waals surface area contributed by atoms with Gasteiger partial charge in [0, 0.05) is 22.7 Å². The fourth-order valence-corrected chi connectivity index (χ4v) is 3.10. The number of hydrogen-bond acceptors (Lipinski definition) is 4. The Morgan fingerprint density at radius 2 is 1.96 bits per heavy atom. The number of nitrogens with one attached hydrogen (secondary N) is 1. The molecule has 0 spiro atoms. The van der Waals surface area contributed by atoms with Crippen LogP contribution in [0.2, 0.25) is 0 Å². The van der Waals surface area contributed by atoms with Crippen LogP contribution in [-0.2, 0) is 0 Å². The van der Waals surface area contributed by atoms with E-state index in [1.807, 2.05) is 12.1 Å². The van der Waals surface area contributed by atoms with Crippen LogP contribution in [0.25, 0.3) is 11.4 Å². The summed E-state index contributed by atoms with van der Waals surface area (Å²) < 4.78 is 17.2. The predicted octanol–water partition coefficient (Wildman–Crippen LogP) is 4.47. The van der Waals surface area contributed by atoms with Gasteiger partial charge in [-0.3, -0.25) is 10.1 Å². The van der Waals surface area contributed by atoms with E-state index in [4.69, 9.17) is 0 Å². The summed E-state index contributed by atoms with van der Waals surface area (Å²) in [6.07, 6.45) is 2.39. The van der Waals surface area contributed by atoms with Gasteiger partial charge in [0.15, 0.2) is 5.82 Å². The minimum Gasteiger partial charge on any atom is -0.297 e. The first-order valence-corrected chi connectivity index (χ1v) is 8.47. The zero-order chi connectivity index (χ0) is 16.5. The molecule has 1 fully saturated rings. The molecule has 1 saturated carbocycles. The first kappa shape index (κ1) is 15.0. The van der Waals surface area contributed by atoms with Gasteiger partial charge in [-0.2, -0.15) is 9.36 Å². The molecule has 120 valence electrons. The molecule has 24 heavy (non-hydrogen) atoms. The molecule has 0 saturated heterocycles. The third kappa shape index (κ3) is 3.19. The molecule has 0 bridgehead atoms. The molecule has 6 heteroatoms. The van der Waals surface area contributed by atoms with Crippen LogP contribution < -0.4 is 5.32 Å². The number of carbonyl (C=O) groups excluding carboxylic acids is 1. The molecule has 1 N–H and O–H groups in total. The highest BCUT2D eigenvalue weighted by molar-refractivity contribution is 7.10. The maximum Gasteiger partial charge on any atom is 0.257 e. The third-order valence-corrected chi connectivity index (χ3v) is 4.58. The van der Waals surface area contributed by atoms with Gasteiger partial charge >= 0.3 is 0 Å². The zero-order valence-corrected chi connectivity index (χ0v) is 13.5. The van der Waals surface area contributed by atoms with Gasteiger partial charge in [-0.05, 0) is 60.7 Å². The first-order valence-electron chi connectivity index (χ1n) is 7.70. The van der Waals surface area contributed by atoms with Gasteiger partial charge in [-0.1, -0.05) is 12.1 Å². The average molecular weight is 339 g/mol. The Morgan fingerprint density at radius 3 is 2.71 bits per heavy atom. The number of halogens is 1. The van der Waals surface area contributed by atoms with Crippen LogP contribution in [0.15, 0.2) is 48.5 Å². The van der Waals surface area contributed by atoms with Crippen molar-refractivity contribution in [3.63, 3.8) is 0 Å². The zero-order valence-electron chi connectivity index (χ0n) is 12.7. The Bertz CT molecular complexity index is 887. The van der Waals surface area contributed by atoms with Crippen LogP contribution >= 0.6 is 11.5 Å². The molecule has 1 aromatic heterocycles. The van der Waals surface area contributed by atoms with Crippen molar-refractivity contribution in [2.24, 2.45) is 0 Å². The lowest BCUT2D eigenvalue weighted by atomic mass is 10.1. The van der Waals surface area contributed by atoms with Gasteiger partial charge in [0.25, 0.3) is 5.91 Å². The number of anilines is 1. The Balaban J connectivity index is 1.50. The second kappa shape index (κ2) is 6.13. The maximum atomic E-state index is 13.0. The number of nitrogens with zero attached hydrogens (tertiary/aromatic N) is 2. The molecule has 3 aromatic rings. The lowest BCUT2D eigenvalue weighted by Gasteiger charge is -2.03. The molecular weight excluding hydrogens is 325 g/mol. The van der Waals surface area contributed by atoms with E-state index in [2.05, 4.69) is 20.7 Å². The highest BCUT2D eigenvalue weighted by Crippen LogP contribution is 2.40. The standard InChI is InChI=1S/C18H14FN3OS/c19-15-8-6-12(7-9-15)16-20-18(24-22-16)21-17(23)14-3-1-2-13(10-14)11-4-5-11/h1-3,6-11H,4-5H2,(H,20,21,22,23). The minimum atomic E-state index is -0.307. The van der Waals surface area contributed by atoms with E-state index in [-0.39, 0.29) is 11.7 Å². The van der Waals surface area contributed by atoms with Crippen LogP contribution in [0.5, 0.6) is 0 Å². The molecule has 1 aliphatic rings. The second-order valence-corrected chi connectivity index (χ2v) is 6.54. The van der Waals surface area contributed by atoms with E-state index in [0.717, 1.165) is 11.5 Å².